The summed E-state index contributed by atoms with van der Waals surface area (Å²) in [4.78, 5) is 10.5. The summed E-state index contributed by atoms with van der Waals surface area (Å²) >= 11 is 0. The SMILES string of the molecule is Nc1cccc(Oc2cccc(CC=O)c2)c1N. The van der Waals surface area contributed by atoms with E-state index in [0.717, 1.165) is 11.8 Å². The summed E-state index contributed by atoms with van der Waals surface area (Å²) in [5.41, 5.74) is 13.3. The van der Waals surface area contributed by atoms with Gasteiger partial charge in [-0.2, -0.15) is 0 Å². The van der Waals surface area contributed by atoms with Crippen molar-refractivity contribution in [1.82, 2.24) is 0 Å². The molecule has 2 aromatic rings. The normalized spacial score (nSPS) is 10.0. The molecule has 2 rings (SSSR count). The summed E-state index contributed by atoms with van der Waals surface area (Å²) in [6, 6.07) is 12.5. The third-order valence-electron chi connectivity index (χ3n) is 2.55. The number of anilines is 2. The van der Waals surface area contributed by atoms with E-state index in [1.165, 1.54) is 0 Å². The van der Waals surface area contributed by atoms with Gasteiger partial charge in [0.15, 0.2) is 5.75 Å². The first-order valence-electron chi connectivity index (χ1n) is 5.55. The van der Waals surface area contributed by atoms with Gasteiger partial charge in [0.25, 0.3) is 0 Å². The van der Waals surface area contributed by atoms with E-state index in [1.807, 2.05) is 12.1 Å². The number of nitrogens with two attached hydrogens (primary N) is 2. The lowest BCUT2D eigenvalue weighted by Gasteiger charge is -2.10. The Labute approximate surface area is 105 Å². The number of benzene rings is 2. The summed E-state index contributed by atoms with van der Waals surface area (Å²) in [5, 5.41) is 0. The number of nitrogen functional groups attached to an aromatic ring is 2. The maximum atomic E-state index is 10.5. The number of para-hydroxylation sites is 1. The van der Waals surface area contributed by atoms with Crippen molar-refractivity contribution in [3.8, 4) is 11.5 Å². The summed E-state index contributed by atoms with van der Waals surface area (Å²) in [5.74, 6) is 1.14. The molecule has 0 unspecified atom stereocenters. The molecule has 0 radical (unpaired) electrons. The molecule has 0 spiro atoms. The van der Waals surface area contributed by atoms with Gasteiger partial charge < -0.3 is 21.0 Å². The molecule has 0 saturated carbocycles. The molecule has 4 heteroatoms. The number of hydrogen-bond acceptors (Lipinski definition) is 4. The summed E-state index contributed by atoms with van der Waals surface area (Å²) in [7, 11) is 0. The van der Waals surface area contributed by atoms with Gasteiger partial charge in [-0.1, -0.05) is 18.2 Å². The number of ether oxygens (including phenoxy) is 1. The van der Waals surface area contributed by atoms with Gasteiger partial charge in [-0.05, 0) is 29.8 Å². The van der Waals surface area contributed by atoms with Crippen LogP contribution in [0.15, 0.2) is 42.5 Å². The van der Waals surface area contributed by atoms with E-state index in [2.05, 4.69) is 0 Å². The fourth-order valence-electron chi connectivity index (χ4n) is 1.61. The maximum Gasteiger partial charge on any atom is 0.152 e. The highest BCUT2D eigenvalue weighted by molar-refractivity contribution is 5.71. The number of carbonyl (C=O) groups is 1. The van der Waals surface area contributed by atoms with Crippen LogP contribution in [0.1, 0.15) is 5.56 Å². The Morgan fingerprint density at radius 2 is 1.89 bits per heavy atom. The van der Waals surface area contributed by atoms with Gasteiger partial charge in [-0.3, -0.25) is 0 Å². The Morgan fingerprint density at radius 1 is 1.11 bits per heavy atom. The fourth-order valence-corrected chi connectivity index (χ4v) is 1.61. The minimum absolute atomic E-state index is 0.365. The topological polar surface area (TPSA) is 78.3 Å². The van der Waals surface area contributed by atoms with E-state index < -0.39 is 0 Å². The van der Waals surface area contributed by atoms with Gasteiger partial charge in [-0.25, -0.2) is 0 Å². The second kappa shape index (κ2) is 5.23. The van der Waals surface area contributed by atoms with Crippen molar-refractivity contribution in [3.63, 3.8) is 0 Å². The van der Waals surface area contributed by atoms with Crippen LogP contribution in [-0.4, -0.2) is 6.29 Å². The van der Waals surface area contributed by atoms with Crippen LogP contribution in [0.5, 0.6) is 11.5 Å². The molecule has 0 amide bonds. The van der Waals surface area contributed by atoms with Crippen molar-refractivity contribution in [3.05, 3.63) is 48.0 Å². The van der Waals surface area contributed by atoms with Crippen LogP contribution in [0.4, 0.5) is 11.4 Å². The molecular weight excluding hydrogens is 228 g/mol. The van der Waals surface area contributed by atoms with Crippen LogP contribution in [0.3, 0.4) is 0 Å². The molecule has 0 aliphatic heterocycles. The van der Waals surface area contributed by atoms with Crippen LogP contribution in [0, 0.1) is 0 Å². The first-order valence-corrected chi connectivity index (χ1v) is 5.55. The lowest BCUT2D eigenvalue weighted by atomic mass is 10.1. The highest BCUT2D eigenvalue weighted by atomic mass is 16.5. The van der Waals surface area contributed by atoms with Crippen molar-refractivity contribution in [1.29, 1.82) is 0 Å². The molecule has 2 aromatic carbocycles. The first-order chi connectivity index (χ1) is 8.70. The average molecular weight is 242 g/mol. The Hall–Kier alpha value is -2.49. The summed E-state index contributed by atoms with van der Waals surface area (Å²) in [6.07, 6.45) is 1.22. The van der Waals surface area contributed by atoms with E-state index in [-0.39, 0.29) is 0 Å². The van der Waals surface area contributed by atoms with Crippen molar-refractivity contribution >= 4 is 17.7 Å². The van der Waals surface area contributed by atoms with Crippen LogP contribution < -0.4 is 16.2 Å². The molecule has 0 aliphatic rings. The van der Waals surface area contributed by atoms with Crippen molar-refractivity contribution < 1.29 is 9.53 Å². The minimum atomic E-state index is 0.365. The molecule has 0 atom stereocenters. The molecular formula is C14H14N2O2. The van der Waals surface area contributed by atoms with E-state index in [1.54, 1.807) is 30.3 Å². The number of aldehydes is 1. The van der Waals surface area contributed by atoms with Gasteiger partial charge >= 0.3 is 0 Å². The maximum absolute atomic E-state index is 10.5. The molecule has 92 valence electrons. The number of hydrogen-bond donors (Lipinski definition) is 2. The van der Waals surface area contributed by atoms with Crippen molar-refractivity contribution in [2.75, 3.05) is 11.5 Å². The lowest BCUT2D eigenvalue weighted by Crippen LogP contribution is -1.97. The second-order valence-corrected chi connectivity index (χ2v) is 3.88. The molecule has 0 fully saturated rings. The summed E-state index contributed by atoms with van der Waals surface area (Å²) in [6.45, 7) is 0. The highest BCUT2D eigenvalue weighted by Gasteiger charge is 2.05. The molecule has 18 heavy (non-hydrogen) atoms. The Morgan fingerprint density at radius 3 is 2.67 bits per heavy atom. The van der Waals surface area contributed by atoms with Crippen molar-refractivity contribution in [2.45, 2.75) is 6.42 Å². The van der Waals surface area contributed by atoms with Crippen LogP contribution in [0.25, 0.3) is 0 Å². The Bertz CT molecular complexity index is 567. The standard InChI is InChI=1S/C14H14N2O2/c15-12-5-2-6-13(14(12)16)18-11-4-1-3-10(9-11)7-8-17/h1-6,8-9H,7,15-16H2. The number of rotatable bonds is 4. The molecule has 0 heterocycles. The third kappa shape index (κ3) is 2.60. The largest absolute Gasteiger partial charge is 0.455 e. The average Bonchev–Trinajstić information content (AvgIpc) is 2.36. The smallest absolute Gasteiger partial charge is 0.152 e. The predicted molar refractivity (Wildman–Crippen MR) is 71.6 cm³/mol. The highest BCUT2D eigenvalue weighted by Crippen LogP contribution is 2.31. The third-order valence-corrected chi connectivity index (χ3v) is 2.55. The minimum Gasteiger partial charge on any atom is -0.455 e. The van der Waals surface area contributed by atoms with Gasteiger partial charge in [-0.15, -0.1) is 0 Å². The predicted octanol–water partition coefficient (Wildman–Crippen LogP) is 2.38. The van der Waals surface area contributed by atoms with E-state index >= 15 is 0 Å². The van der Waals surface area contributed by atoms with Crippen molar-refractivity contribution in [2.24, 2.45) is 0 Å². The van der Waals surface area contributed by atoms with Crippen LogP contribution >= 0.6 is 0 Å². The molecule has 0 aliphatic carbocycles. The molecule has 4 N–H and O–H groups in total. The van der Waals surface area contributed by atoms with Gasteiger partial charge in [0.2, 0.25) is 0 Å². The lowest BCUT2D eigenvalue weighted by molar-refractivity contribution is -0.107. The molecule has 0 bridgehead atoms. The Kier molecular flexibility index (Phi) is 3.48. The zero-order valence-corrected chi connectivity index (χ0v) is 9.80. The number of carbonyl (C=O) groups excluding carboxylic acids is 1. The van der Waals surface area contributed by atoms with E-state index in [9.17, 15) is 4.79 Å². The molecule has 4 nitrogen and oxygen atoms in total. The van der Waals surface area contributed by atoms with Gasteiger partial charge in [0.05, 0.1) is 11.4 Å². The van der Waals surface area contributed by atoms with Gasteiger partial charge in [0.1, 0.15) is 12.0 Å². The Balaban J connectivity index is 2.25. The molecule has 0 saturated heterocycles. The zero-order valence-electron chi connectivity index (χ0n) is 9.80. The van der Waals surface area contributed by atoms with E-state index in [0.29, 0.717) is 29.3 Å². The molecule has 0 aromatic heterocycles. The van der Waals surface area contributed by atoms with Gasteiger partial charge in [0, 0.05) is 6.42 Å². The summed E-state index contributed by atoms with van der Waals surface area (Å²) < 4.78 is 5.66. The van der Waals surface area contributed by atoms with Crippen LogP contribution in [-0.2, 0) is 11.2 Å². The quantitative estimate of drug-likeness (QED) is 0.637. The monoisotopic (exact) mass is 242 g/mol. The first kappa shape index (κ1) is 12.0. The van der Waals surface area contributed by atoms with Crippen LogP contribution in [0.2, 0.25) is 0 Å². The fraction of sp³-hybridized carbons (Fsp3) is 0.0714. The zero-order chi connectivity index (χ0) is 13.0. The second-order valence-electron chi connectivity index (χ2n) is 3.88. The van der Waals surface area contributed by atoms with E-state index in [4.69, 9.17) is 16.2 Å².